The molecule has 3 heterocycles. The van der Waals surface area contributed by atoms with Crippen LogP contribution >= 0.6 is 0 Å². The lowest BCUT2D eigenvalue weighted by Gasteiger charge is -2.36. The molecule has 0 amide bonds. The third-order valence-electron chi connectivity index (χ3n) is 5.06. The van der Waals surface area contributed by atoms with Crippen LogP contribution in [-0.2, 0) is 0 Å². The van der Waals surface area contributed by atoms with Gasteiger partial charge in [-0.15, -0.1) is 0 Å². The molecule has 0 radical (unpaired) electrons. The highest BCUT2D eigenvalue weighted by Gasteiger charge is 2.20. The number of aromatic nitrogens is 3. The minimum atomic E-state index is 0.775. The first-order valence-corrected chi connectivity index (χ1v) is 9.69. The molecule has 1 fully saturated rings. The third-order valence-corrected chi connectivity index (χ3v) is 5.06. The normalized spacial score (nSPS) is 14.2. The molecule has 0 bridgehead atoms. The highest BCUT2D eigenvalue weighted by Crippen LogP contribution is 2.24. The van der Waals surface area contributed by atoms with Crippen LogP contribution in [-0.4, -0.2) is 41.1 Å². The van der Waals surface area contributed by atoms with E-state index in [1.807, 2.05) is 31.3 Å². The lowest BCUT2D eigenvalue weighted by atomic mass is 10.1. The van der Waals surface area contributed by atoms with Crippen molar-refractivity contribution in [2.75, 3.05) is 41.3 Å². The quantitative estimate of drug-likeness (QED) is 0.748. The third kappa shape index (κ3) is 4.06. The van der Waals surface area contributed by atoms with Crippen LogP contribution in [0.3, 0.4) is 0 Å². The van der Waals surface area contributed by atoms with Crippen LogP contribution < -0.4 is 15.1 Å². The average molecular weight is 374 g/mol. The molecule has 4 rings (SSSR count). The van der Waals surface area contributed by atoms with Gasteiger partial charge < -0.3 is 15.1 Å². The molecule has 28 heavy (non-hydrogen) atoms. The molecule has 6 nitrogen and oxygen atoms in total. The number of nitrogens with zero attached hydrogens (tertiary/aromatic N) is 5. The fourth-order valence-corrected chi connectivity index (χ4v) is 3.49. The number of rotatable bonds is 4. The standard InChI is InChI=1S/C22H26N6/c1-16-7-8-17(2)19(14-16)26-20-15-22(25-18(3)24-20)28-12-10-27(11-13-28)21-6-4-5-9-23-21/h4-9,14-15H,10-13H2,1-3H3,(H,24,25,26). The molecule has 0 atom stereocenters. The van der Waals surface area contributed by atoms with Crippen LogP contribution in [0, 0.1) is 20.8 Å². The van der Waals surface area contributed by atoms with E-state index in [2.05, 4.69) is 68.2 Å². The van der Waals surface area contributed by atoms with Crippen molar-refractivity contribution in [1.82, 2.24) is 15.0 Å². The van der Waals surface area contributed by atoms with E-state index >= 15 is 0 Å². The fourth-order valence-electron chi connectivity index (χ4n) is 3.49. The molecular weight excluding hydrogens is 348 g/mol. The highest BCUT2D eigenvalue weighted by molar-refractivity contribution is 5.63. The Morgan fingerprint density at radius 2 is 1.57 bits per heavy atom. The second-order valence-electron chi connectivity index (χ2n) is 7.26. The van der Waals surface area contributed by atoms with Crippen molar-refractivity contribution in [3.8, 4) is 0 Å². The molecule has 0 saturated carbocycles. The summed E-state index contributed by atoms with van der Waals surface area (Å²) in [5.41, 5.74) is 3.51. The Labute approximate surface area is 166 Å². The molecule has 6 heteroatoms. The minimum absolute atomic E-state index is 0.775. The van der Waals surface area contributed by atoms with E-state index in [4.69, 9.17) is 0 Å². The average Bonchev–Trinajstić information content (AvgIpc) is 2.71. The molecule has 144 valence electrons. The van der Waals surface area contributed by atoms with Gasteiger partial charge in [-0.2, -0.15) is 0 Å². The Morgan fingerprint density at radius 1 is 0.821 bits per heavy atom. The fraction of sp³-hybridized carbons (Fsp3) is 0.318. The van der Waals surface area contributed by atoms with Crippen molar-refractivity contribution < 1.29 is 0 Å². The van der Waals surface area contributed by atoms with Gasteiger partial charge in [0.05, 0.1) is 0 Å². The summed E-state index contributed by atoms with van der Waals surface area (Å²) in [5, 5.41) is 3.47. The first-order valence-electron chi connectivity index (χ1n) is 9.69. The molecule has 2 aromatic heterocycles. The molecule has 1 aliphatic rings. The lowest BCUT2D eigenvalue weighted by molar-refractivity contribution is 0.640. The van der Waals surface area contributed by atoms with Crippen molar-refractivity contribution in [3.63, 3.8) is 0 Å². The Balaban J connectivity index is 1.49. The van der Waals surface area contributed by atoms with Crippen LogP contribution in [0.5, 0.6) is 0 Å². The summed E-state index contributed by atoms with van der Waals surface area (Å²) >= 11 is 0. The Hall–Kier alpha value is -3.15. The number of hydrogen-bond donors (Lipinski definition) is 1. The van der Waals surface area contributed by atoms with Crippen molar-refractivity contribution >= 4 is 23.1 Å². The van der Waals surface area contributed by atoms with Gasteiger partial charge in [0.2, 0.25) is 0 Å². The molecule has 1 N–H and O–H groups in total. The maximum Gasteiger partial charge on any atom is 0.136 e. The molecule has 1 aliphatic heterocycles. The molecule has 3 aromatic rings. The van der Waals surface area contributed by atoms with Gasteiger partial charge in [0.25, 0.3) is 0 Å². The summed E-state index contributed by atoms with van der Waals surface area (Å²) in [6.07, 6.45) is 1.85. The topological polar surface area (TPSA) is 57.2 Å². The van der Waals surface area contributed by atoms with Gasteiger partial charge >= 0.3 is 0 Å². The van der Waals surface area contributed by atoms with E-state index in [-0.39, 0.29) is 0 Å². The zero-order valence-corrected chi connectivity index (χ0v) is 16.7. The molecule has 1 saturated heterocycles. The number of nitrogens with one attached hydrogen (secondary N) is 1. The molecule has 0 spiro atoms. The summed E-state index contributed by atoms with van der Waals surface area (Å²) in [7, 11) is 0. The predicted molar refractivity (Wildman–Crippen MR) is 115 cm³/mol. The predicted octanol–water partition coefficient (Wildman–Crippen LogP) is 3.87. The lowest BCUT2D eigenvalue weighted by Crippen LogP contribution is -2.47. The SMILES string of the molecule is Cc1ccc(C)c(Nc2cc(N3CCN(c4ccccn4)CC3)nc(C)n2)c1. The summed E-state index contributed by atoms with van der Waals surface area (Å²) in [6, 6.07) is 14.5. The Kier molecular flexibility index (Phi) is 5.10. The Morgan fingerprint density at radius 3 is 2.29 bits per heavy atom. The minimum Gasteiger partial charge on any atom is -0.353 e. The number of piperazine rings is 1. The molecule has 1 aromatic carbocycles. The summed E-state index contributed by atoms with van der Waals surface area (Å²) in [6.45, 7) is 9.84. The maximum absolute atomic E-state index is 4.68. The van der Waals surface area contributed by atoms with E-state index in [9.17, 15) is 0 Å². The highest BCUT2D eigenvalue weighted by atomic mass is 15.3. The number of anilines is 4. The number of pyridine rings is 1. The van der Waals surface area contributed by atoms with E-state index < -0.39 is 0 Å². The van der Waals surface area contributed by atoms with Crippen molar-refractivity contribution in [2.45, 2.75) is 20.8 Å². The van der Waals surface area contributed by atoms with Gasteiger partial charge in [-0.1, -0.05) is 18.2 Å². The summed E-state index contributed by atoms with van der Waals surface area (Å²) in [5.74, 6) is 3.63. The van der Waals surface area contributed by atoms with Gasteiger partial charge in [-0.25, -0.2) is 15.0 Å². The van der Waals surface area contributed by atoms with Gasteiger partial charge in [0.15, 0.2) is 0 Å². The monoisotopic (exact) mass is 374 g/mol. The number of aryl methyl sites for hydroxylation is 3. The molecule has 0 aliphatic carbocycles. The van der Waals surface area contributed by atoms with Gasteiger partial charge in [-0.3, -0.25) is 0 Å². The summed E-state index contributed by atoms with van der Waals surface area (Å²) in [4.78, 5) is 18.4. The first-order chi connectivity index (χ1) is 13.6. The van der Waals surface area contributed by atoms with Crippen LogP contribution in [0.1, 0.15) is 17.0 Å². The summed E-state index contributed by atoms with van der Waals surface area (Å²) < 4.78 is 0. The molecular formula is C22H26N6. The smallest absolute Gasteiger partial charge is 0.136 e. The second kappa shape index (κ2) is 7.84. The van der Waals surface area contributed by atoms with E-state index in [0.717, 1.165) is 55.1 Å². The van der Waals surface area contributed by atoms with Crippen molar-refractivity contribution in [2.24, 2.45) is 0 Å². The van der Waals surface area contributed by atoms with Crippen molar-refractivity contribution in [1.29, 1.82) is 0 Å². The number of benzene rings is 1. The zero-order chi connectivity index (χ0) is 19.5. The largest absolute Gasteiger partial charge is 0.353 e. The van der Waals surface area contributed by atoms with Crippen LogP contribution in [0.25, 0.3) is 0 Å². The van der Waals surface area contributed by atoms with Crippen LogP contribution in [0.2, 0.25) is 0 Å². The van der Waals surface area contributed by atoms with Gasteiger partial charge in [0.1, 0.15) is 23.3 Å². The first kappa shape index (κ1) is 18.2. The van der Waals surface area contributed by atoms with Crippen LogP contribution in [0.15, 0.2) is 48.7 Å². The second-order valence-corrected chi connectivity index (χ2v) is 7.26. The van der Waals surface area contributed by atoms with E-state index in [1.54, 1.807) is 0 Å². The van der Waals surface area contributed by atoms with Crippen molar-refractivity contribution in [3.05, 3.63) is 65.6 Å². The van der Waals surface area contributed by atoms with Gasteiger partial charge in [-0.05, 0) is 50.1 Å². The van der Waals surface area contributed by atoms with Crippen LogP contribution in [0.4, 0.5) is 23.1 Å². The van der Waals surface area contributed by atoms with Gasteiger partial charge in [0, 0.05) is 44.1 Å². The molecule has 0 unspecified atom stereocenters. The van der Waals surface area contributed by atoms with E-state index in [0.29, 0.717) is 0 Å². The maximum atomic E-state index is 4.68. The van der Waals surface area contributed by atoms with E-state index in [1.165, 1.54) is 11.1 Å². The number of hydrogen-bond acceptors (Lipinski definition) is 6. The Bertz CT molecular complexity index is 948. The zero-order valence-electron chi connectivity index (χ0n) is 16.7.